The Bertz CT molecular complexity index is 597. The van der Waals surface area contributed by atoms with Crippen molar-refractivity contribution in [2.24, 2.45) is 0 Å². The van der Waals surface area contributed by atoms with Crippen LogP contribution in [0.5, 0.6) is 0 Å². The van der Waals surface area contributed by atoms with E-state index in [-0.39, 0.29) is 12.2 Å². The molecule has 0 saturated carbocycles. The van der Waals surface area contributed by atoms with Crippen molar-refractivity contribution in [1.29, 1.82) is 0 Å². The predicted molar refractivity (Wildman–Crippen MR) is 69.9 cm³/mol. The molecular formula is C12H12N2O7. The van der Waals surface area contributed by atoms with Crippen LogP contribution in [0, 0.1) is 20.2 Å². The molecule has 0 N–H and O–H groups in total. The van der Waals surface area contributed by atoms with Gasteiger partial charge in [-0.15, -0.1) is 0 Å². The highest BCUT2D eigenvalue weighted by atomic mass is 16.6. The first-order chi connectivity index (χ1) is 9.86. The van der Waals surface area contributed by atoms with E-state index < -0.39 is 39.4 Å². The van der Waals surface area contributed by atoms with Crippen LogP contribution in [0.3, 0.4) is 0 Å². The minimum Gasteiger partial charge on any atom is -0.465 e. The third kappa shape index (κ3) is 4.34. The van der Waals surface area contributed by atoms with Gasteiger partial charge in [-0.2, -0.15) is 0 Å². The van der Waals surface area contributed by atoms with Crippen molar-refractivity contribution in [3.63, 3.8) is 0 Å². The molecule has 0 heterocycles. The molecule has 0 radical (unpaired) electrons. The lowest BCUT2D eigenvalue weighted by atomic mass is 10.1. The molecular weight excluding hydrogens is 284 g/mol. The van der Waals surface area contributed by atoms with Crippen LogP contribution in [-0.4, -0.2) is 28.2 Å². The molecule has 0 aromatic heterocycles. The summed E-state index contributed by atoms with van der Waals surface area (Å²) in [5.41, 5.74) is -1.67. The van der Waals surface area contributed by atoms with Crippen molar-refractivity contribution >= 4 is 23.1 Å². The summed E-state index contributed by atoms with van der Waals surface area (Å²) in [7, 11) is 0. The molecule has 0 saturated heterocycles. The normalized spacial score (nSPS) is 9.95. The number of rotatable bonds is 7. The van der Waals surface area contributed by atoms with Crippen LogP contribution in [-0.2, 0) is 9.53 Å². The van der Waals surface area contributed by atoms with Crippen molar-refractivity contribution in [1.82, 2.24) is 0 Å². The third-order valence-electron chi connectivity index (χ3n) is 2.46. The van der Waals surface area contributed by atoms with E-state index in [9.17, 15) is 29.8 Å². The third-order valence-corrected chi connectivity index (χ3v) is 2.46. The van der Waals surface area contributed by atoms with Gasteiger partial charge in [0.15, 0.2) is 5.78 Å². The van der Waals surface area contributed by atoms with Gasteiger partial charge in [0.1, 0.15) is 6.42 Å². The van der Waals surface area contributed by atoms with Gasteiger partial charge in [0.25, 0.3) is 0 Å². The zero-order valence-electron chi connectivity index (χ0n) is 11.1. The molecule has 21 heavy (non-hydrogen) atoms. The summed E-state index contributed by atoms with van der Waals surface area (Å²) in [4.78, 5) is 42.6. The van der Waals surface area contributed by atoms with E-state index in [1.54, 1.807) is 6.92 Å². The molecule has 0 fully saturated rings. The molecule has 0 spiro atoms. The highest BCUT2D eigenvalue weighted by molar-refractivity contribution is 6.06. The topological polar surface area (TPSA) is 130 Å². The zero-order chi connectivity index (χ0) is 16.0. The van der Waals surface area contributed by atoms with Gasteiger partial charge in [-0.3, -0.25) is 29.8 Å². The zero-order valence-corrected chi connectivity index (χ0v) is 11.1. The number of nitro benzene ring substituents is 2. The van der Waals surface area contributed by atoms with Gasteiger partial charge in [-0.1, -0.05) is 6.92 Å². The van der Waals surface area contributed by atoms with Crippen molar-refractivity contribution in [2.75, 3.05) is 6.61 Å². The van der Waals surface area contributed by atoms with E-state index in [4.69, 9.17) is 4.74 Å². The molecule has 0 aliphatic rings. The van der Waals surface area contributed by atoms with Gasteiger partial charge in [0.05, 0.1) is 16.5 Å². The van der Waals surface area contributed by atoms with Crippen molar-refractivity contribution < 1.29 is 24.2 Å². The standard InChI is InChI=1S/C12H12N2O7/c1-2-5-21-12(16)7-11(15)8-3-4-9(13(17)18)10(6-8)14(19)20/h3-4,6H,2,5,7H2,1H3. The quantitative estimate of drug-likeness (QED) is 0.247. The van der Waals surface area contributed by atoms with Gasteiger partial charge in [-0.05, 0) is 12.5 Å². The Kier molecular flexibility index (Phi) is 5.47. The van der Waals surface area contributed by atoms with Gasteiger partial charge < -0.3 is 4.74 Å². The molecule has 0 aliphatic carbocycles. The summed E-state index contributed by atoms with van der Waals surface area (Å²) in [5.74, 6) is -1.45. The number of hydrogen-bond donors (Lipinski definition) is 0. The van der Waals surface area contributed by atoms with E-state index in [2.05, 4.69) is 0 Å². The molecule has 1 aromatic carbocycles. The Morgan fingerprint density at radius 1 is 1.14 bits per heavy atom. The van der Waals surface area contributed by atoms with Crippen LogP contribution in [0.2, 0.25) is 0 Å². The number of nitrogens with zero attached hydrogens (tertiary/aromatic N) is 2. The summed E-state index contributed by atoms with van der Waals surface area (Å²) >= 11 is 0. The fraction of sp³-hybridized carbons (Fsp3) is 0.333. The average molecular weight is 296 g/mol. The summed E-state index contributed by atoms with van der Waals surface area (Å²) in [6, 6.07) is 2.72. The minimum absolute atomic E-state index is 0.152. The van der Waals surface area contributed by atoms with E-state index in [0.717, 1.165) is 18.2 Å². The summed E-state index contributed by atoms with van der Waals surface area (Å²) in [5, 5.41) is 21.4. The van der Waals surface area contributed by atoms with Gasteiger partial charge >= 0.3 is 17.3 Å². The number of nitro groups is 2. The summed E-state index contributed by atoms with van der Waals surface area (Å²) in [6.45, 7) is 1.96. The van der Waals surface area contributed by atoms with Crippen LogP contribution in [0.1, 0.15) is 30.1 Å². The average Bonchev–Trinajstić information content (AvgIpc) is 2.44. The highest BCUT2D eigenvalue weighted by Gasteiger charge is 2.26. The molecule has 1 aromatic rings. The second-order valence-electron chi connectivity index (χ2n) is 4.04. The van der Waals surface area contributed by atoms with Crippen LogP contribution in [0.15, 0.2) is 18.2 Å². The number of ketones is 1. The number of carbonyl (C=O) groups is 2. The Hall–Kier alpha value is -2.84. The number of Topliss-reactive ketones (excluding diaryl/α,β-unsaturated/α-hetero) is 1. The van der Waals surface area contributed by atoms with Crippen molar-refractivity contribution in [3.8, 4) is 0 Å². The maximum absolute atomic E-state index is 11.8. The number of ether oxygens (including phenoxy) is 1. The van der Waals surface area contributed by atoms with Gasteiger partial charge in [0, 0.05) is 17.7 Å². The summed E-state index contributed by atoms with van der Waals surface area (Å²) in [6.07, 6.45) is 0.0257. The lowest BCUT2D eigenvalue weighted by molar-refractivity contribution is -0.422. The maximum atomic E-state index is 11.8. The van der Waals surface area contributed by atoms with E-state index >= 15 is 0 Å². The second kappa shape index (κ2) is 7.08. The Balaban J connectivity index is 2.96. The molecule has 9 heteroatoms. The molecule has 9 nitrogen and oxygen atoms in total. The SMILES string of the molecule is CCCOC(=O)CC(=O)c1ccc([N+](=O)[O-])c([N+](=O)[O-])c1. The largest absolute Gasteiger partial charge is 0.465 e. The van der Waals surface area contributed by atoms with Crippen molar-refractivity contribution in [2.45, 2.75) is 19.8 Å². The Morgan fingerprint density at radius 2 is 1.76 bits per heavy atom. The molecule has 0 unspecified atom stereocenters. The first kappa shape index (κ1) is 16.2. The molecule has 1 rings (SSSR count). The lowest BCUT2D eigenvalue weighted by Gasteiger charge is -2.03. The number of esters is 1. The van der Waals surface area contributed by atoms with Crippen LogP contribution in [0.25, 0.3) is 0 Å². The fourth-order valence-corrected chi connectivity index (χ4v) is 1.50. The number of hydrogen-bond acceptors (Lipinski definition) is 7. The van der Waals surface area contributed by atoms with E-state index in [1.807, 2.05) is 0 Å². The monoisotopic (exact) mass is 296 g/mol. The molecule has 0 bridgehead atoms. The smallest absolute Gasteiger partial charge is 0.346 e. The van der Waals surface area contributed by atoms with Gasteiger partial charge in [0.2, 0.25) is 0 Å². The number of benzene rings is 1. The first-order valence-electron chi connectivity index (χ1n) is 5.98. The van der Waals surface area contributed by atoms with Gasteiger partial charge in [-0.25, -0.2) is 0 Å². The molecule has 0 aliphatic heterocycles. The van der Waals surface area contributed by atoms with Crippen LogP contribution in [0.4, 0.5) is 11.4 Å². The minimum atomic E-state index is -0.954. The first-order valence-corrected chi connectivity index (χ1v) is 5.98. The predicted octanol–water partition coefficient (Wildman–Crippen LogP) is 2.03. The second-order valence-corrected chi connectivity index (χ2v) is 4.04. The van der Waals surface area contributed by atoms with Crippen LogP contribution < -0.4 is 0 Å². The van der Waals surface area contributed by atoms with E-state index in [1.165, 1.54) is 0 Å². The molecule has 112 valence electrons. The highest BCUT2D eigenvalue weighted by Crippen LogP contribution is 2.27. The van der Waals surface area contributed by atoms with Crippen molar-refractivity contribution in [3.05, 3.63) is 44.0 Å². The van der Waals surface area contributed by atoms with E-state index in [0.29, 0.717) is 6.42 Å². The lowest BCUT2D eigenvalue weighted by Crippen LogP contribution is -2.12. The summed E-state index contributed by atoms with van der Waals surface area (Å²) < 4.78 is 4.72. The molecule has 0 amide bonds. The number of carbonyl (C=O) groups excluding carboxylic acids is 2. The fourth-order valence-electron chi connectivity index (χ4n) is 1.50. The Morgan fingerprint density at radius 3 is 2.29 bits per heavy atom. The maximum Gasteiger partial charge on any atom is 0.346 e. The molecule has 0 atom stereocenters. The van der Waals surface area contributed by atoms with Crippen LogP contribution >= 0.6 is 0 Å². The Labute approximate surface area is 118 Å².